The van der Waals surface area contributed by atoms with Gasteiger partial charge in [-0.1, -0.05) is 23.2 Å². The van der Waals surface area contributed by atoms with E-state index in [-0.39, 0.29) is 5.69 Å². The Bertz CT molecular complexity index is 587. The van der Waals surface area contributed by atoms with Gasteiger partial charge in [0.1, 0.15) is 5.69 Å². The van der Waals surface area contributed by atoms with Crippen LogP contribution in [0.4, 0.5) is 4.39 Å². The molecular formula is C12H6Cl2FNO. The van der Waals surface area contributed by atoms with Gasteiger partial charge in [0.2, 0.25) is 0 Å². The number of aldehydes is 1. The van der Waals surface area contributed by atoms with Gasteiger partial charge >= 0.3 is 0 Å². The first-order valence-electron chi connectivity index (χ1n) is 4.69. The van der Waals surface area contributed by atoms with Crippen molar-refractivity contribution < 1.29 is 9.18 Å². The van der Waals surface area contributed by atoms with Crippen LogP contribution in [0, 0.1) is 5.82 Å². The van der Waals surface area contributed by atoms with Gasteiger partial charge < -0.3 is 0 Å². The first-order valence-corrected chi connectivity index (χ1v) is 5.44. The van der Waals surface area contributed by atoms with E-state index < -0.39 is 5.82 Å². The van der Waals surface area contributed by atoms with Gasteiger partial charge in [-0.05, 0) is 30.3 Å². The third-order valence-electron chi connectivity index (χ3n) is 2.19. The number of carbonyl (C=O) groups excluding carboxylic acids is 1. The minimum absolute atomic E-state index is 0.251. The van der Waals surface area contributed by atoms with Crippen LogP contribution in [0.5, 0.6) is 0 Å². The summed E-state index contributed by atoms with van der Waals surface area (Å²) in [5, 5.41) is 0.925. The Kier molecular flexibility index (Phi) is 3.41. The van der Waals surface area contributed by atoms with Crippen LogP contribution in [0.1, 0.15) is 10.5 Å². The molecule has 0 saturated carbocycles. The van der Waals surface area contributed by atoms with Crippen molar-refractivity contribution in [1.82, 2.24) is 4.98 Å². The first kappa shape index (κ1) is 12.0. The van der Waals surface area contributed by atoms with Gasteiger partial charge in [-0.25, -0.2) is 9.37 Å². The SMILES string of the molecule is O=Cc1nc(-c2cc(Cl)ccc2Cl)ccc1F. The Labute approximate surface area is 107 Å². The summed E-state index contributed by atoms with van der Waals surface area (Å²) in [6.07, 6.45) is 0.358. The van der Waals surface area contributed by atoms with Crippen molar-refractivity contribution >= 4 is 29.5 Å². The van der Waals surface area contributed by atoms with E-state index in [4.69, 9.17) is 23.2 Å². The molecule has 1 heterocycles. The number of nitrogens with zero attached hydrogens (tertiary/aromatic N) is 1. The molecule has 0 saturated heterocycles. The molecule has 0 N–H and O–H groups in total. The topological polar surface area (TPSA) is 30.0 Å². The molecule has 1 aromatic heterocycles. The molecule has 1 aromatic carbocycles. The summed E-state index contributed by atoms with van der Waals surface area (Å²) >= 11 is 11.8. The van der Waals surface area contributed by atoms with Gasteiger partial charge in [0.25, 0.3) is 0 Å². The fraction of sp³-hybridized carbons (Fsp3) is 0. The highest BCUT2D eigenvalue weighted by atomic mass is 35.5. The lowest BCUT2D eigenvalue weighted by atomic mass is 10.1. The van der Waals surface area contributed by atoms with Gasteiger partial charge in [0.15, 0.2) is 12.1 Å². The van der Waals surface area contributed by atoms with Crippen molar-refractivity contribution in [3.05, 3.63) is 51.9 Å². The van der Waals surface area contributed by atoms with Crippen molar-refractivity contribution in [3.63, 3.8) is 0 Å². The van der Waals surface area contributed by atoms with Gasteiger partial charge in [-0.3, -0.25) is 4.79 Å². The number of rotatable bonds is 2. The van der Waals surface area contributed by atoms with Crippen LogP contribution in [-0.2, 0) is 0 Å². The lowest BCUT2D eigenvalue weighted by Crippen LogP contribution is -1.95. The third-order valence-corrected chi connectivity index (χ3v) is 2.75. The molecule has 0 fully saturated rings. The van der Waals surface area contributed by atoms with Gasteiger partial charge in [-0.15, -0.1) is 0 Å². The highest BCUT2D eigenvalue weighted by molar-refractivity contribution is 6.35. The zero-order chi connectivity index (χ0) is 12.4. The molecule has 0 unspecified atom stereocenters. The van der Waals surface area contributed by atoms with Crippen molar-refractivity contribution in [2.75, 3.05) is 0 Å². The minimum atomic E-state index is -0.665. The fourth-order valence-electron chi connectivity index (χ4n) is 1.38. The Balaban J connectivity index is 2.60. The quantitative estimate of drug-likeness (QED) is 0.772. The fourth-order valence-corrected chi connectivity index (χ4v) is 1.77. The zero-order valence-corrected chi connectivity index (χ0v) is 9.97. The van der Waals surface area contributed by atoms with E-state index in [1.807, 2.05) is 0 Å². The van der Waals surface area contributed by atoms with Gasteiger partial charge in [0.05, 0.1) is 10.7 Å². The number of carbonyl (C=O) groups is 1. The van der Waals surface area contributed by atoms with Crippen LogP contribution in [0.2, 0.25) is 10.0 Å². The van der Waals surface area contributed by atoms with E-state index >= 15 is 0 Å². The van der Waals surface area contributed by atoms with Crippen LogP contribution in [0.3, 0.4) is 0 Å². The van der Waals surface area contributed by atoms with Gasteiger partial charge in [-0.2, -0.15) is 0 Å². The van der Waals surface area contributed by atoms with Crippen LogP contribution in [-0.4, -0.2) is 11.3 Å². The molecule has 2 aromatic rings. The highest BCUT2D eigenvalue weighted by Gasteiger charge is 2.09. The van der Waals surface area contributed by atoms with Crippen molar-refractivity contribution in [3.8, 4) is 11.3 Å². The summed E-state index contributed by atoms with van der Waals surface area (Å²) in [7, 11) is 0. The Hall–Kier alpha value is -1.45. The van der Waals surface area contributed by atoms with E-state index in [1.54, 1.807) is 18.2 Å². The molecule has 0 aliphatic heterocycles. The monoisotopic (exact) mass is 269 g/mol. The molecule has 0 amide bonds. The van der Waals surface area contributed by atoms with E-state index in [0.29, 0.717) is 27.6 Å². The second-order valence-electron chi connectivity index (χ2n) is 3.31. The van der Waals surface area contributed by atoms with E-state index in [9.17, 15) is 9.18 Å². The standard InChI is InChI=1S/C12H6Cl2FNO/c13-7-1-2-9(14)8(5-7)11-4-3-10(15)12(6-17)16-11/h1-6H. The molecule has 0 radical (unpaired) electrons. The van der Waals surface area contributed by atoms with E-state index in [1.165, 1.54) is 12.1 Å². The Morgan fingerprint density at radius 3 is 2.65 bits per heavy atom. The number of benzene rings is 1. The summed E-state index contributed by atoms with van der Waals surface area (Å²) in [6, 6.07) is 7.48. The summed E-state index contributed by atoms with van der Waals surface area (Å²) in [5.74, 6) is -0.665. The summed E-state index contributed by atoms with van der Waals surface area (Å²) in [4.78, 5) is 14.5. The van der Waals surface area contributed by atoms with Crippen LogP contribution in [0.15, 0.2) is 30.3 Å². The third kappa shape index (κ3) is 2.46. The number of hydrogen-bond acceptors (Lipinski definition) is 2. The molecule has 5 heteroatoms. The number of pyridine rings is 1. The summed E-state index contributed by atoms with van der Waals surface area (Å²) < 4.78 is 13.1. The molecule has 0 aliphatic rings. The summed E-state index contributed by atoms with van der Waals surface area (Å²) in [5.41, 5.74) is 0.710. The molecule has 2 nitrogen and oxygen atoms in total. The number of aromatic nitrogens is 1. The van der Waals surface area contributed by atoms with E-state index in [2.05, 4.69) is 4.98 Å². The molecule has 86 valence electrons. The van der Waals surface area contributed by atoms with Crippen LogP contribution >= 0.6 is 23.2 Å². The second kappa shape index (κ2) is 4.82. The molecule has 0 atom stereocenters. The van der Waals surface area contributed by atoms with Crippen molar-refractivity contribution in [2.24, 2.45) is 0 Å². The number of hydrogen-bond donors (Lipinski definition) is 0. The minimum Gasteiger partial charge on any atom is -0.296 e. The van der Waals surface area contributed by atoms with E-state index in [0.717, 1.165) is 0 Å². The van der Waals surface area contributed by atoms with Crippen molar-refractivity contribution in [2.45, 2.75) is 0 Å². The van der Waals surface area contributed by atoms with Crippen LogP contribution < -0.4 is 0 Å². The number of halogens is 3. The summed E-state index contributed by atoms with van der Waals surface area (Å²) in [6.45, 7) is 0. The molecule has 17 heavy (non-hydrogen) atoms. The first-order chi connectivity index (χ1) is 8.11. The van der Waals surface area contributed by atoms with Crippen molar-refractivity contribution in [1.29, 1.82) is 0 Å². The average Bonchev–Trinajstić information content (AvgIpc) is 2.33. The van der Waals surface area contributed by atoms with Gasteiger partial charge in [0, 0.05) is 10.6 Å². The Morgan fingerprint density at radius 1 is 1.18 bits per heavy atom. The lowest BCUT2D eigenvalue weighted by Gasteiger charge is -2.05. The smallest absolute Gasteiger partial charge is 0.171 e. The molecule has 0 bridgehead atoms. The normalized spacial score (nSPS) is 10.3. The predicted octanol–water partition coefficient (Wildman–Crippen LogP) is 4.01. The second-order valence-corrected chi connectivity index (χ2v) is 4.15. The van der Waals surface area contributed by atoms with Crippen LogP contribution in [0.25, 0.3) is 11.3 Å². The maximum Gasteiger partial charge on any atom is 0.171 e. The largest absolute Gasteiger partial charge is 0.296 e. The zero-order valence-electron chi connectivity index (χ0n) is 8.45. The average molecular weight is 270 g/mol. The molecule has 0 aliphatic carbocycles. The maximum atomic E-state index is 13.1. The predicted molar refractivity (Wildman–Crippen MR) is 65.0 cm³/mol. The molecular weight excluding hydrogens is 264 g/mol. The maximum absolute atomic E-state index is 13.1. The lowest BCUT2D eigenvalue weighted by molar-refractivity contribution is 0.111. The highest BCUT2D eigenvalue weighted by Crippen LogP contribution is 2.29. The molecule has 0 spiro atoms. The molecule has 2 rings (SSSR count). The Morgan fingerprint density at radius 2 is 1.94 bits per heavy atom.